The fraction of sp³-hybridized carbons (Fsp3) is 0.333. The number of amides is 1. The van der Waals surface area contributed by atoms with Gasteiger partial charge in [0.2, 0.25) is 6.23 Å². The fourth-order valence-corrected chi connectivity index (χ4v) is 4.91. The molecule has 7 nitrogen and oxygen atoms in total. The Morgan fingerprint density at radius 2 is 2.12 bits per heavy atom. The minimum atomic E-state index is -0.714. The van der Waals surface area contributed by atoms with E-state index in [4.69, 9.17) is 19.9 Å². The highest BCUT2D eigenvalue weighted by atomic mass is 32.1. The number of ether oxygens (including phenoxy) is 3. The highest BCUT2D eigenvalue weighted by Crippen LogP contribution is 2.45. The summed E-state index contributed by atoms with van der Waals surface area (Å²) in [7, 11) is 2.98. The monoisotopic (exact) mass is 374 g/mol. The summed E-state index contributed by atoms with van der Waals surface area (Å²) in [5.74, 6) is -0.179. The molecule has 0 radical (unpaired) electrons. The molecule has 0 saturated carbocycles. The number of thiophene rings is 1. The lowest BCUT2D eigenvalue weighted by molar-refractivity contribution is 0.0435. The minimum Gasteiger partial charge on any atom is -0.493 e. The molecule has 1 aromatic heterocycles. The van der Waals surface area contributed by atoms with Crippen molar-refractivity contribution in [3.05, 3.63) is 39.3 Å². The quantitative estimate of drug-likeness (QED) is 0.781. The molecule has 1 atom stereocenters. The molecule has 0 fully saturated rings. The van der Waals surface area contributed by atoms with Crippen molar-refractivity contribution in [2.45, 2.75) is 25.5 Å². The Bertz CT molecular complexity index is 921. The summed E-state index contributed by atoms with van der Waals surface area (Å²) < 4.78 is 16.1. The van der Waals surface area contributed by atoms with Gasteiger partial charge in [-0.2, -0.15) is 0 Å². The lowest BCUT2D eigenvalue weighted by Gasteiger charge is -2.15. The first-order valence-electron chi connectivity index (χ1n) is 8.21. The van der Waals surface area contributed by atoms with Gasteiger partial charge in [-0.1, -0.05) is 0 Å². The molecule has 2 aromatic rings. The van der Waals surface area contributed by atoms with Gasteiger partial charge in [-0.05, 0) is 37.0 Å². The zero-order valence-electron chi connectivity index (χ0n) is 14.4. The highest BCUT2D eigenvalue weighted by molar-refractivity contribution is 7.16. The molecule has 136 valence electrons. The molecule has 4 rings (SSSR count). The van der Waals surface area contributed by atoms with E-state index in [2.05, 4.69) is 5.32 Å². The lowest BCUT2D eigenvalue weighted by atomic mass is 10.1. The number of hydrogen-bond donors (Lipinski definition) is 2. The summed E-state index contributed by atoms with van der Waals surface area (Å²) in [4.78, 5) is 25.5. The largest absolute Gasteiger partial charge is 0.493 e. The van der Waals surface area contributed by atoms with Gasteiger partial charge < -0.3 is 25.3 Å². The maximum atomic E-state index is 12.4. The van der Waals surface area contributed by atoms with Gasteiger partial charge in [0.15, 0.2) is 11.5 Å². The topological polar surface area (TPSA) is 99.9 Å². The first kappa shape index (κ1) is 16.7. The summed E-state index contributed by atoms with van der Waals surface area (Å²) in [6, 6.07) is 3.47. The van der Waals surface area contributed by atoms with E-state index in [0.717, 1.165) is 29.7 Å². The van der Waals surface area contributed by atoms with Crippen molar-refractivity contribution in [2.75, 3.05) is 19.5 Å². The SMILES string of the molecule is COc1ccc2c(c1OC)C(=O)O[C@H]2Nc1sc2c(c1C(N)=O)CCC2. The molecule has 1 aliphatic heterocycles. The number of carbonyl (C=O) groups is 2. The number of anilines is 1. The Labute approximate surface area is 154 Å². The number of rotatable bonds is 5. The first-order chi connectivity index (χ1) is 12.5. The Morgan fingerprint density at radius 1 is 1.31 bits per heavy atom. The summed E-state index contributed by atoms with van der Waals surface area (Å²) in [5, 5.41) is 3.82. The molecule has 1 amide bonds. The van der Waals surface area contributed by atoms with Crippen LogP contribution in [0, 0.1) is 0 Å². The zero-order chi connectivity index (χ0) is 18.4. The Kier molecular flexibility index (Phi) is 3.99. The van der Waals surface area contributed by atoms with E-state index in [-0.39, 0.29) is 0 Å². The Balaban J connectivity index is 1.73. The molecule has 8 heteroatoms. The molecule has 26 heavy (non-hydrogen) atoms. The molecule has 0 saturated heterocycles. The normalized spacial score (nSPS) is 17.5. The first-order valence-corrected chi connectivity index (χ1v) is 9.03. The predicted octanol–water partition coefficient (Wildman–Crippen LogP) is 2.63. The van der Waals surface area contributed by atoms with E-state index >= 15 is 0 Å². The second-order valence-electron chi connectivity index (χ2n) is 6.12. The van der Waals surface area contributed by atoms with Crippen LogP contribution in [-0.4, -0.2) is 26.1 Å². The second-order valence-corrected chi connectivity index (χ2v) is 7.23. The number of primary amides is 1. The van der Waals surface area contributed by atoms with Gasteiger partial charge in [0.1, 0.15) is 10.6 Å². The van der Waals surface area contributed by atoms with Crippen molar-refractivity contribution in [2.24, 2.45) is 5.73 Å². The van der Waals surface area contributed by atoms with Crippen LogP contribution in [0.1, 0.15) is 49.4 Å². The molecule has 0 bridgehead atoms. The molecular weight excluding hydrogens is 356 g/mol. The number of hydrogen-bond acceptors (Lipinski definition) is 7. The second kappa shape index (κ2) is 6.21. The smallest absolute Gasteiger partial charge is 0.344 e. The molecule has 0 spiro atoms. The zero-order valence-corrected chi connectivity index (χ0v) is 15.2. The number of aryl methyl sites for hydroxylation is 1. The minimum absolute atomic E-state index is 0.328. The van der Waals surface area contributed by atoms with E-state index in [1.807, 2.05) is 0 Å². The maximum absolute atomic E-state index is 12.4. The van der Waals surface area contributed by atoms with Gasteiger partial charge in [0.05, 0.1) is 19.8 Å². The Hall–Kier alpha value is -2.74. The van der Waals surface area contributed by atoms with E-state index in [0.29, 0.717) is 33.2 Å². The van der Waals surface area contributed by atoms with Crippen LogP contribution in [0.15, 0.2) is 12.1 Å². The maximum Gasteiger partial charge on any atom is 0.344 e. The number of nitrogens with one attached hydrogen (secondary N) is 1. The number of cyclic esters (lactones) is 1. The number of nitrogens with two attached hydrogens (primary N) is 1. The van der Waals surface area contributed by atoms with E-state index < -0.39 is 18.1 Å². The fourth-order valence-electron chi connectivity index (χ4n) is 3.59. The summed E-state index contributed by atoms with van der Waals surface area (Å²) >= 11 is 1.50. The molecule has 3 N–H and O–H groups in total. The van der Waals surface area contributed by atoms with Crippen molar-refractivity contribution in [3.8, 4) is 11.5 Å². The number of carbonyl (C=O) groups excluding carboxylic acids is 2. The number of esters is 1. The van der Waals surface area contributed by atoms with Crippen LogP contribution >= 0.6 is 11.3 Å². The average molecular weight is 374 g/mol. The van der Waals surface area contributed by atoms with E-state index in [1.54, 1.807) is 12.1 Å². The lowest BCUT2D eigenvalue weighted by Crippen LogP contribution is -2.17. The van der Waals surface area contributed by atoms with Gasteiger partial charge in [0.25, 0.3) is 5.91 Å². The van der Waals surface area contributed by atoms with Gasteiger partial charge in [-0.15, -0.1) is 11.3 Å². The van der Waals surface area contributed by atoms with Crippen molar-refractivity contribution in [1.29, 1.82) is 0 Å². The standard InChI is InChI=1S/C18H18N2O5S/c1-23-10-7-6-9-12(14(10)24-2)18(22)25-16(9)20-17-13(15(19)21)8-4-3-5-11(8)26-17/h6-7,16,20H,3-5H2,1-2H3,(H2,19,21)/t16-/m1/s1. The molecule has 2 aliphatic rings. The molecule has 1 aliphatic carbocycles. The Morgan fingerprint density at radius 3 is 2.81 bits per heavy atom. The van der Waals surface area contributed by atoms with Gasteiger partial charge >= 0.3 is 5.97 Å². The van der Waals surface area contributed by atoms with Crippen LogP contribution in [-0.2, 0) is 17.6 Å². The molecule has 2 heterocycles. The third-order valence-electron chi connectivity index (χ3n) is 4.72. The van der Waals surface area contributed by atoms with Crippen molar-refractivity contribution in [1.82, 2.24) is 0 Å². The van der Waals surface area contributed by atoms with Crippen molar-refractivity contribution >= 4 is 28.2 Å². The summed E-state index contributed by atoms with van der Waals surface area (Å²) in [6.45, 7) is 0. The third kappa shape index (κ3) is 2.40. The molecule has 1 aromatic carbocycles. The number of benzene rings is 1. The summed E-state index contributed by atoms with van der Waals surface area (Å²) in [6.07, 6.45) is 2.10. The third-order valence-corrected chi connectivity index (χ3v) is 5.94. The number of methoxy groups -OCH3 is 2. The van der Waals surface area contributed by atoms with Crippen molar-refractivity contribution < 1.29 is 23.8 Å². The van der Waals surface area contributed by atoms with Crippen LogP contribution in [0.5, 0.6) is 11.5 Å². The number of fused-ring (bicyclic) bond motifs is 2. The molecular formula is C18H18N2O5S. The van der Waals surface area contributed by atoms with Crippen LogP contribution in [0.4, 0.5) is 5.00 Å². The average Bonchev–Trinajstić information content (AvgIpc) is 3.27. The van der Waals surface area contributed by atoms with E-state index in [1.165, 1.54) is 25.6 Å². The van der Waals surface area contributed by atoms with E-state index in [9.17, 15) is 9.59 Å². The van der Waals surface area contributed by atoms with Gasteiger partial charge in [0, 0.05) is 10.4 Å². The van der Waals surface area contributed by atoms with Crippen LogP contribution in [0.3, 0.4) is 0 Å². The van der Waals surface area contributed by atoms with Crippen LogP contribution < -0.4 is 20.5 Å². The van der Waals surface area contributed by atoms with Gasteiger partial charge in [-0.25, -0.2) is 4.79 Å². The van der Waals surface area contributed by atoms with Crippen LogP contribution in [0.25, 0.3) is 0 Å². The predicted molar refractivity (Wildman–Crippen MR) is 96.2 cm³/mol. The van der Waals surface area contributed by atoms with Crippen molar-refractivity contribution in [3.63, 3.8) is 0 Å². The summed E-state index contributed by atoms with van der Waals surface area (Å²) in [5.41, 5.74) is 8.08. The molecule has 0 unspecified atom stereocenters. The highest BCUT2D eigenvalue weighted by Gasteiger charge is 2.37. The van der Waals surface area contributed by atoms with Gasteiger partial charge in [-0.3, -0.25) is 4.79 Å². The van der Waals surface area contributed by atoms with Crippen LogP contribution in [0.2, 0.25) is 0 Å².